The van der Waals surface area contributed by atoms with E-state index in [1.165, 1.54) is 30.0 Å². The molecule has 0 saturated carbocycles. The summed E-state index contributed by atoms with van der Waals surface area (Å²) in [5.74, 6) is 0.252. The fourth-order valence-corrected chi connectivity index (χ4v) is 5.70. The smallest absolute Gasteiger partial charge is 0.262 e. The van der Waals surface area contributed by atoms with Gasteiger partial charge in [0.05, 0.1) is 17.7 Å². The number of nitrogens with one attached hydrogen (secondary N) is 1. The van der Waals surface area contributed by atoms with Crippen molar-refractivity contribution in [1.29, 1.82) is 0 Å². The molecular formula is C27H31N3O4S. The molecule has 1 saturated heterocycles. The Kier molecular flexibility index (Phi) is 7.03. The lowest BCUT2D eigenvalue weighted by atomic mass is 10.1. The van der Waals surface area contributed by atoms with Crippen LogP contribution < -0.4 is 14.4 Å². The highest BCUT2D eigenvalue weighted by Gasteiger charge is 2.26. The van der Waals surface area contributed by atoms with Crippen molar-refractivity contribution in [3.63, 3.8) is 0 Å². The van der Waals surface area contributed by atoms with Gasteiger partial charge in [0.25, 0.3) is 15.9 Å². The molecule has 1 fully saturated rings. The lowest BCUT2D eigenvalue weighted by Gasteiger charge is -2.37. The van der Waals surface area contributed by atoms with Gasteiger partial charge in [-0.15, -0.1) is 0 Å². The van der Waals surface area contributed by atoms with Crippen molar-refractivity contribution >= 4 is 27.3 Å². The van der Waals surface area contributed by atoms with Crippen LogP contribution in [0.2, 0.25) is 0 Å². The van der Waals surface area contributed by atoms with Crippen molar-refractivity contribution in [2.24, 2.45) is 0 Å². The number of rotatable bonds is 6. The average molecular weight is 494 g/mol. The molecule has 0 spiro atoms. The van der Waals surface area contributed by atoms with Gasteiger partial charge in [-0.3, -0.25) is 9.52 Å². The van der Waals surface area contributed by atoms with Crippen molar-refractivity contribution in [2.75, 3.05) is 42.9 Å². The molecule has 4 rings (SSSR count). The first kappa shape index (κ1) is 24.6. The minimum Gasteiger partial charge on any atom is -0.495 e. The van der Waals surface area contributed by atoms with Crippen LogP contribution in [0.1, 0.15) is 27.0 Å². The first-order valence-corrected chi connectivity index (χ1v) is 13.1. The van der Waals surface area contributed by atoms with Crippen LogP contribution >= 0.6 is 0 Å². The summed E-state index contributed by atoms with van der Waals surface area (Å²) in [5.41, 5.74) is 4.95. The lowest BCUT2D eigenvalue weighted by Crippen LogP contribution is -2.49. The number of hydrogen-bond donors (Lipinski definition) is 1. The number of para-hydroxylation sites is 2. The number of hydrogen-bond acceptors (Lipinski definition) is 5. The minimum absolute atomic E-state index is 0.0725. The molecule has 0 atom stereocenters. The maximum atomic E-state index is 13.3. The number of benzene rings is 3. The number of amides is 1. The number of sulfonamides is 1. The zero-order chi connectivity index (χ0) is 25.2. The molecule has 8 heteroatoms. The summed E-state index contributed by atoms with van der Waals surface area (Å²) < 4.78 is 34.3. The minimum atomic E-state index is -3.93. The molecule has 0 unspecified atom stereocenters. The SMILES string of the molecule is COc1ccccc1NS(=O)(=O)c1cc(C(=O)N2CCN(c3cccc(C)c3C)CC2)ccc1C. The van der Waals surface area contributed by atoms with Crippen LogP contribution in [-0.4, -0.2) is 52.5 Å². The summed E-state index contributed by atoms with van der Waals surface area (Å²) in [6.45, 7) is 8.53. The fraction of sp³-hybridized carbons (Fsp3) is 0.296. The Bertz CT molecular complexity index is 1350. The van der Waals surface area contributed by atoms with E-state index in [0.29, 0.717) is 35.7 Å². The Morgan fingerprint density at radius 2 is 1.60 bits per heavy atom. The Morgan fingerprint density at radius 1 is 0.886 bits per heavy atom. The van der Waals surface area contributed by atoms with Crippen molar-refractivity contribution in [3.05, 3.63) is 82.9 Å². The van der Waals surface area contributed by atoms with Gasteiger partial charge in [-0.1, -0.05) is 30.3 Å². The summed E-state index contributed by atoms with van der Waals surface area (Å²) in [6, 6.07) is 17.9. The van der Waals surface area contributed by atoms with Gasteiger partial charge < -0.3 is 14.5 Å². The number of carbonyl (C=O) groups is 1. The van der Waals surface area contributed by atoms with Gasteiger partial charge in [0.15, 0.2) is 0 Å². The topological polar surface area (TPSA) is 78.9 Å². The second-order valence-corrected chi connectivity index (χ2v) is 10.4. The molecule has 3 aromatic carbocycles. The molecule has 1 aliphatic heterocycles. The van der Waals surface area contributed by atoms with Gasteiger partial charge >= 0.3 is 0 Å². The summed E-state index contributed by atoms with van der Waals surface area (Å²) in [5, 5.41) is 0. The van der Waals surface area contributed by atoms with Crippen LogP contribution in [0.4, 0.5) is 11.4 Å². The first-order valence-electron chi connectivity index (χ1n) is 11.6. The third-order valence-corrected chi connectivity index (χ3v) is 8.07. The Labute approximate surface area is 207 Å². The monoisotopic (exact) mass is 493 g/mol. The van der Waals surface area contributed by atoms with Gasteiger partial charge in [-0.2, -0.15) is 0 Å². The summed E-state index contributed by atoms with van der Waals surface area (Å²) in [7, 11) is -2.44. The first-order chi connectivity index (χ1) is 16.7. The summed E-state index contributed by atoms with van der Waals surface area (Å²) in [6.07, 6.45) is 0. The highest BCUT2D eigenvalue weighted by atomic mass is 32.2. The number of anilines is 2. The van der Waals surface area contributed by atoms with E-state index in [4.69, 9.17) is 4.74 Å². The van der Waals surface area contributed by atoms with Gasteiger partial charge in [-0.25, -0.2) is 8.42 Å². The number of methoxy groups -OCH3 is 1. The standard InChI is InChI=1S/C27H31N3O4S/c1-19-8-7-10-24(21(19)3)29-14-16-30(17-15-29)27(31)22-13-12-20(2)26(18-22)35(32,33)28-23-9-5-6-11-25(23)34-4/h5-13,18,28H,14-17H2,1-4H3. The van der Waals surface area contributed by atoms with Crippen molar-refractivity contribution in [1.82, 2.24) is 4.90 Å². The van der Waals surface area contributed by atoms with Crippen molar-refractivity contribution in [3.8, 4) is 5.75 Å². The normalized spacial score (nSPS) is 14.1. The van der Waals surface area contributed by atoms with E-state index in [0.717, 1.165) is 13.1 Å². The Balaban J connectivity index is 1.51. The highest BCUT2D eigenvalue weighted by Crippen LogP contribution is 2.28. The summed E-state index contributed by atoms with van der Waals surface area (Å²) in [4.78, 5) is 17.4. The summed E-state index contributed by atoms with van der Waals surface area (Å²) >= 11 is 0. The van der Waals surface area contributed by atoms with E-state index in [9.17, 15) is 13.2 Å². The molecule has 7 nitrogen and oxygen atoms in total. The zero-order valence-corrected chi connectivity index (χ0v) is 21.4. The molecule has 0 radical (unpaired) electrons. The molecule has 0 bridgehead atoms. The molecule has 1 heterocycles. The quantitative estimate of drug-likeness (QED) is 0.551. The number of nitrogens with zero attached hydrogens (tertiary/aromatic N) is 2. The maximum absolute atomic E-state index is 13.3. The second kappa shape index (κ2) is 10.00. The van der Waals surface area contributed by atoms with E-state index < -0.39 is 10.0 Å². The van der Waals surface area contributed by atoms with Crippen molar-refractivity contribution in [2.45, 2.75) is 25.7 Å². The van der Waals surface area contributed by atoms with Crippen molar-refractivity contribution < 1.29 is 17.9 Å². The van der Waals surface area contributed by atoms with Gasteiger partial charge in [-0.05, 0) is 67.8 Å². The predicted molar refractivity (Wildman–Crippen MR) is 139 cm³/mol. The van der Waals surface area contributed by atoms with E-state index in [1.54, 1.807) is 48.2 Å². The largest absolute Gasteiger partial charge is 0.495 e. The molecule has 0 aromatic heterocycles. The van der Waals surface area contributed by atoms with Gasteiger partial charge in [0.1, 0.15) is 5.75 Å². The third-order valence-electron chi connectivity index (χ3n) is 6.56. The van der Waals surface area contributed by atoms with Crippen LogP contribution in [-0.2, 0) is 10.0 Å². The molecule has 35 heavy (non-hydrogen) atoms. The van der Waals surface area contributed by atoms with E-state index in [-0.39, 0.29) is 10.8 Å². The Hall–Kier alpha value is -3.52. The number of ether oxygens (including phenoxy) is 1. The maximum Gasteiger partial charge on any atom is 0.262 e. The van der Waals surface area contributed by atoms with Crippen LogP contribution in [0, 0.1) is 20.8 Å². The zero-order valence-electron chi connectivity index (χ0n) is 20.5. The third kappa shape index (κ3) is 5.12. The molecule has 3 aromatic rings. The van der Waals surface area contributed by atoms with Crippen LogP contribution in [0.3, 0.4) is 0 Å². The number of carbonyl (C=O) groups excluding carboxylic acids is 1. The van der Waals surface area contributed by atoms with Gasteiger partial charge in [0, 0.05) is 37.4 Å². The molecule has 1 amide bonds. The number of piperazine rings is 1. The van der Waals surface area contributed by atoms with Crippen LogP contribution in [0.25, 0.3) is 0 Å². The molecule has 184 valence electrons. The number of aryl methyl sites for hydroxylation is 2. The van der Waals surface area contributed by atoms with Crippen LogP contribution in [0.5, 0.6) is 5.75 Å². The molecule has 1 aliphatic rings. The van der Waals surface area contributed by atoms with E-state index in [1.807, 2.05) is 0 Å². The molecule has 1 N–H and O–H groups in total. The fourth-order valence-electron chi connectivity index (χ4n) is 4.36. The predicted octanol–water partition coefficient (Wildman–Crippen LogP) is 4.38. The highest BCUT2D eigenvalue weighted by molar-refractivity contribution is 7.92. The van der Waals surface area contributed by atoms with Gasteiger partial charge in [0.2, 0.25) is 0 Å². The Morgan fingerprint density at radius 3 is 2.31 bits per heavy atom. The van der Waals surface area contributed by atoms with E-state index >= 15 is 0 Å². The second-order valence-electron chi connectivity index (χ2n) is 8.78. The van der Waals surface area contributed by atoms with Crippen LogP contribution in [0.15, 0.2) is 65.6 Å². The molecule has 0 aliphatic carbocycles. The van der Waals surface area contributed by atoms with E-state index in [2.05, 4.69) is 41.7 Å². The lowest BCUT2D eigenvalue weighted by molar-refractivity contribution is 0.0746. The molecular weight excluding hydrogens is 462 g/mol. The average Bonchev–Trinajstić information content (AvgIpc) is 2.86.